The van der Waals surface area contributed by atoms with E-state index >= 15 is 0 Å². The maximum atomic E-state index is 4.43. The highest BCUT2D eigenvalue weighted by Gasteiger charge is 2.25. The molecular formula is C19H31BrN6. The molecule has 0 radical (unpaired) electrons. The van der Waals surface area contributed by atoms with Crippen molar-refractivity contribution in [3.63, 3.8) is 0 Å². The maximum absolute atomic E-state index is 4.43. The van der Waals surface area contributed by atoms with Crippen LogP contribution >= 0.6 is 15.9 Å². The average Bonchev–Trinajstić information content (AvgIpc) is 3.10. The van der Waals surface area contributed by atoms with E-state index in [0.29, 0.717) is 12.1 Å². The summed E-state index contributed by atoms with van der Waals surface area (Å²) in [7, 11) is 6.26. The molecule has 0 aliphatic carbocycles. The van der Waals surface area contributed by atoms with Crippen LogP contribution in [-0.2, 0) is 0 Å². The quantitative estimate of drug-likeness (QED) is 0.567. The van der Waals surface area contributed by atoms with Crippen LogP contribution < -0.4 is 15.5 Å². The van der Waals surface area contributed by atoms with E-state index in [1.165, 1.54) is 5.69 Å². The summed E-state index contributed by atoms with van der Waals surface area (Å²) >= 11 is 3.50. The molecule has 2 saturated heterocycles. The van der Waals surface area contributed by atoms with Crippen LogP contribution in [0, 0.1) is 0 Å². The molecule has 7 heteroatoms. The number of piperazine rings is 1. The van der Waals surface area contributed by atoms with E-state index < -0.39 is 0 Å². The fraction of sp³-hybridized carbons (Fsp3) is 0.632. The highest BCUT2D eigenvalue weighted by molar-refractivity contribution is 9.10. The smallest absolute Gasteiger partial charge is 0.191 e. The van der Waals surface area contributed by atoms with Crippen LogP contribution in [0.4, 0.5) is 5.69 Å². The summed E-state index contributed by atoms with van der Waals surface area (Å²) in [5.74, 6) is 0.911. The van der Waals surface area contributed by atoms with Gasteiger partial charge in [-0.3, -0.25) is 9.89 Å². The zero-order chi connectivity index (χ0) is 18.5. The largest absolute Gasteiger partial charge is 0.369 e. The first-order valence-corrected chi connectivity index (χ1v) is 10.2. The third-order valence-electron chi connectivity index (χ3n) is 5.43. The van der Waals surface area contributed by atoms with E-state index in [-0.39, 0.29) is 0 Å². The fourth-order valence-corrected chi connectivity index (χ4v) is 3.95. The van der Waals surface area contributed by atoms with Gasteiger partial charge in [0.05, 0.1) is 0 Å². The Morgan fingerprint density at radius 1 is 1.15 bits per heavy atom. The lowest BCUT2D eigenvalue weighted by Gasteiger charge is -2.38. The maximum Gasteiger partial charge on any atom is 0.191 e. The molecule has 0 amide bonds. The Morgan fingerprint density at radius 3 is 2.65 bits per heavy atom. The molecular weight excluding hydrogens is 392 g/mol. The summed E-state index contributed by atoms with van der Waals surface area (Å²) in [5.41, 5.74) is 1.28. The van der Waals surface area contributed by atoms with Crippen LogP contribution in [0.15, 0.2) is 33.7 Å². The number of rotatable bonds is 4. The van der Waals surface area contributed by atoms with E-state index in [1.54, 1.807) is 0 Å². The SMILES string of the molecule is CN=C(NCC1CN(C)CCN1C)NC1CCN(c2ccc(Br)cc2)C1. The second kappa shape index (κ2) is 9.06. The molecule has 0 spiro atoms. The molecule has 2 aliphatic heterocycles. The molecule has 1 aromatic rings. The molecule has 2 fully saturated rings. The van der Waals surface area contributed by atoms with Crippen molar-refractivity contribution in [2.45, 2.75) is 18.5 Å². The summed E-state index contributed by atoms with van der Waals surface area (Å²) in [6, 6.07) is 9.51. The van der Waals surface area contributed by atoms with Crippen molar-refractivity contribution in [3.05, 3.63) is 28.7 Å². The number of nitrogens with zero attached hydrogens (tertiary/aromatic N) is 4. The van der Waals surface area contributed by atoms with Crippen molar-refractivity contribution < 1.29 is 0 Å². The van der Waals surface area contributed by atoms with Crippen molar-refractivity contribution >= 4 is 27.6 Å². The number of hydrogen-bond acceptors (Lipinski definition) is 4. The van der Waals surface area contributed by atoms with E-state index in [4.69, 9.17) is 0 Å². The second-order valence-corrected chi connectivity index (χ2v) is 8.32. The molecule has 6 nitrogen and oxygen atoms in total. The van der Waals surface area contributed by atoms with Crippen molar-refractivity contribution in [1.29, 1.82) is 0 Å². The third kappa shape index (κ3) is 5.11. The standard InChI is InChI=1S/C19H31BrN6/c1-21-19(22-12-18-14-24(2)10-11-25(18)3)23-16-8-9-26(13-16)17-6-4-15(20)5-7-17/h4-7,16,18H,8-14H2,1-3H3,(H2,21,22,23). The normalized spacial score (nSPS) is 25.5. The second-order valence-electron chi connectivity index (χ2n) is 7.40. The zero-order valence-corrected chi connectivity index (χ0v) is 17.7. The Hall–Kier alpha value is -1.31. The van der Waals surface area contributed by atoms with Gasteiger partial charge >= 0.3 is 0 Å². The molecule has 1 aromatic carbocycles. The number of hydrogen-bond donors (Lipinski definition) is 2. The number of benzene rings is 1. The first-order valence-electron chi connectivity index (χ1n) is 9.41. The lowest BCUT2D eigenvalue weighted by Crippen LogP contribution is -2.56. The molecule has 0 aromatic heterocycles. The Bertz CT molecular complexity index is 605. The Labute approximate surface area is 165 Å². The number of nitrogens with one attached hydrogen (secondary N) is 2. The molecule has 0 bridgehead atoms. The van der Waals surface area contributed by atoms with Gasteiger partial charge < -0.3 is 20.4 Å². The van der Waals surface area contributed by atoms with Gasteiger partial charge in [0.25, 0.3) is 0 Å². The molecule has 26 heavy (non-hydrogen) atoms. The number of guanidine groups is 1. The van der Waals surface area contributed by atoms with Crippen molar-refractivity contribution in [2.75, 3.05) is 65.3 Å². The Balaban J connectivity index is 1.47. The van der Waals surface area contributed by atoms with E-state index in [1.807, 2.05) is 7.05 Å². The van der Waals surface area contributed by atoms with Crippen LogP contribution in [-0.4, -0.2) is 88.3 Å². The lowest BCUT2D eigenvalue weighted by atomic mass is 10.2. The van der Waals surface area contributed by atoms with Gasteiger partial charge in [-0.25, -0.2) is 0 Å². The number of anilines is 1. The van der Waals surface area contributed by atoms with Gasteiger partial charge in [-0.15, -0.1) is 0 Å². The predicted molar refractivity (Wildman–Crippen MR) is 113 cm³/mol. The number of likely N-dealkylation sites (N-methyl/N-ethyl adjacent to an activating group) is 2. The Morgan fingerprint density at radius 2 is 1.92 bits per heavy atom. The molecule has 2 aliphatic rings. The van der Waals surface area contributed by atoms with Gasteiger partial charge in [0.2, 0.25) is 0 Å². The molecule has 0 saturated carbocycles. The van der Waals surface area contributed by atoms with Crippen LogP contribution in [0.2, 0.25) is 0 Å². The third-order valence-corrected chi connectivity index (χ3v) is 5.96. The van der Waals surface area contributed by atoms with Gasteiger partial charge in [-0.05, 0) is 44.8 Å². The highest BCUT2D eigenvalue weighted by atomic mass is 79.9. The van der Waals surface area contributed by atoms with E-state index in [9.17, 15) is 0 Å². The summed E-state index contributed by atoms with van der Waals surface area (Å²) < 4.78 is 1.12. The zero-order valence-electron chi connectivity index (χ0n) is 16.1. The van der Waals surface area contributed by atoms with Crippen LogP contribution in [0.5, 0.6) is 0 Å². The summed E-state index contributed by atoms with van der Waals surface area (Å²) in [6.07, 6.45) is 1.13. The van der Waals surface area contributed by atoms with Crippen molar-refractivity contribution in [2.24, 2.45) is 4.99 Å². The molecule has 144 valence electrons. The number of aliphatic imine (C=N–C) groups is 1. The van der Waals surface area contributed by atoms with Gasteiger partial charge in [-0.2, -0.15) is 0 Å². The predicted octanol–water partition coefficient (Wildman–Crippen LogP) is 1.44. The molecule has 3 rings (SSSR count). The Kier molecular flexibility index (Phi) is 6.78. The van der Waals surface area contributed by atoms with Crippen molar-refractivity contribution in [1.82, 2.24) is 20.4 Å². The summed E-state index contributed by atoms with van der Waals surface area (Å²) in [6.45, 7) is 6.37. The molecule has 2 atom stereocenters. The highest BCUT2D eigenvalue weighted by Crippen LogP contribution is 2.22. The first-order chi connectivity index (χ1) is 12.5. The minimum absolute atomic E-state index is 0.427. The summed E-state index contributed by atoms with van der Waals surface area (Å²) in [5, 5.41) is 7.12. The average molecular weight is 423 g/mol. The lowest BCUT2D eigenvalue weighted by molar-refractivity contribution is 0.116. The minimum atomic E-state index is 0.427. The fourth-order valence-electron chi connectivity index (χ4n) is 3.69. The van der Waals surface area contributed by atoms with Crippen LogP contribution in [0.3, 0.4) is 0 Å². The van der Waals surface area contributed by atoms with Crippen LogP contribution in [0.1, 0.15) is 6.42 Å². The minimum Gasteiger partial charge on any atom is -0.369 e. The number of halogens is 1. The molecule has 2 heterocycles. The van der Waals surface area contributed by atoms with E-state index in [0.717, 1.165) is 56.1 Å². The van der Waals surface area contributed by atoms with Crippen molar-refractivity contribution in [3.8, 4) is 0 Å². The van der Waals surface area contributed by atoms with Crippen LogP contribution in [0.25, 0.3) is 0 Å². The molecule has 2 N–H and O–H groups in total. The van der Waals surface area contributed by atoms with Gasteiger partial charge in [-0.1, -0.05) is 15.9 Å². The molecule has 2 unspecified atom stereocenters. The topological polar surface area (TPSA) is 46.1 Å². The van der Waals surface area contributed by atoms with Gasteiger partial charge in [0, 0.05) is 68.6 Å². The van der Waals surface area contributed by atoms with Gasteiger partial charge in [0.1, 0.15) is 0 Å². The summed E-state index contributed by atoms with van der Waals surface area (Å²) in [4.78, 5) is 11.7. The monoisotopic (exact) mass is 422 g/mol. The first kappa shape index (κ1) is 19.5. The van der Waals surface area contributed by atoms with Gasteiger partial charge in [0.15, 0.2) is 5.96 Å². The van der Waals surface area contributed by atoms with E-state index in [2.05, 4.69) is 84.6 Å².